The predicted octanol–water partition coefficient (Wildman–Crippen LogP) is 2.21. The van der Waals surface area contributed by atoms with Crippen molar-refractivity contribution in [1.29, 1.82) is 0 Å². The summed E-state index contributed by atoms with van der Waals surface area (Å²) < 4.78 is 0. The van der Waals surface area contributed by atoms with Crippen molar-refractivity contribution in [1.82, 2.24) is 10.2 Å². The Bertz CT molecular complexity index is 687. The molecule has 6 heteroatoms. The molecule has 0 radical (unpaired) electrons. The Morgan fingerprint density at radius 2 is 1.88 bits per heavy atom. The van der Waals surface area contributed by atoms with Crippen LogP contribution in [-0.2, 0) is 20.9 Å². The molecule has 0 bridgehead atoms. The molecule has 1 heterocycles. The highest BCUT2D eigenvalue weighted by molar-refractivity contribution is 6.30. The summed E-state index contributed by atoms with van der Waals surface area (Å²) in [5, 5.41) is 3.44. The summed E-state index contributed by atoms with van der Waals surface area (Å²) in [4.78, 5) is 37.9. The molecule has 1 aliphatic carbocycles. The Kier molecular flexibility index (Phi) is 5.00. The van der Waals surface area contributed by atoms with Crippen molar-refractivity contribution in [2.45, 2.75) is 25.8 Å². The number of likely N-dealkylation sites (tertiary alicyclic amines) is 1. The van der Waals surface area contributed by atoms with Gasteiger partial charge in [0.2, 0.25) is 17.7 Å². The number of nitrogens with one attached hydrogen (secondary N) is 1. The number of amides is 3. The molecule has 126 valence electrons. The fraction of sp³-hybridized carbons (Fsp3) is 0.389. The van der Waals surface area contributed by atoms with Crippen LogP contribution in [-0.4, -0.2) is 29.2 Å². The van der Waals surface area contributed by atoms with E-state index in [1.807, 2.05) is 36.4 Å². The zero-order chi connectivity index (χ0) is 17.1. The first-order valence-electron chi connectivity index (χ1n) is 8.06. The Hall–Kier alpha value is -2.14. The van der Waals surface area contributed by atoms with Crippen LogP contribution in [0.5, 0.6) is 0 Å². The third-order valence-corrected chi connectivity index (χ3v) is 4.86. The molecule has 0 aromatic heterocycles. The Labute approximate surface area is 145 Å². The number of hydrogen-bond donors (Lipinski definition) is 1. The molecule has 0 saturated carbocycles. The van der Waals surface area contributed by atoms with E-state index >= 15 is 0 Å². The summed E-state index contributed by atoms with van der Waals surface area (Å²) >= 11 is 5.99. The normalized spacial score (nSPS) is 23.0. The molecule has 0 unspecified atom stereocenters. The second-order valence-corrected chi connectivity index (χ2v) is 6.63. The number of fused-ring (bicyclic) bond motifs is 1. The minimum Gasteiger partial charge on any atom is -0.352 e. The molecule has 1 aromatic rings. The Balaban J connectivity index is 1.51. The highest BCUT2D eigenvalue weighted by atomic mass is 35.5. The van der Waals surface area contributed by atoms with Crippen LogP contribution in [0.2, 0.25) is 0 Å². The van der Waals surface area contributed by atoms with E-state index < -0.39 is 0 Å². The first kappa shape index (κ1) is 16.7. The fourth-order valence-electron chi connectivity index (χ4n) is 3.21. The quantitative estimate of drug-likeness (QED) is 0.831. The number of benzene rings is 1. The van der Waals surface area contributed by atoms with Crippen LogP contribution < -0.4 is 5.32 Å². The largest absolute Gasteiger partial charge is 0.352 e. The molecular weight excluding hydrogens is 328 g/mol. The second kappa shape index (κ2) is 7.18. The number of hydrogen-bond acceptors (Lipinski definition) is 3. The van der Waals surface area contributed by atoms with Crippen LogP contribution in [0.15, 0.2) is 41.4 Å². The maximum Gasteiger partial charge on any atom is 0.233 e. The smallest absolute Gasteiger partial charge is 0.233 e. The van der Waals surface area contributed by atoms with Crippen molar-refractivity contribution < 1.29 is 14.4 Å². The third kappa shape index (κ3) is 3.51. The summed E-state index contributed by atoms with van der Waals surface area (Å²) in [7, 11) is 0. The molecule has 1 N–H and O–H groups in total. The Morgan fingerprint density at radius 1 is 1.17 bits per heavy atom. The van der Waals surface area contributed by atoms with Crippen molar-refractivity contribution in [3.05, 3.63) is 47.0 Å². The number of rotatable bonds is 5. The molecular formula is C18H19ClN2O3. The zero-order valence-corrected chi connectivity index (χ0v) is 14.0. The van der Waals surface area contributed by atoms with Gasteiger partial charge < -0.3 is 5.32 Å². The summed E-state index contributed by atoms with van der Waals surface area (Å²) in [6.45, 7) is 0.565. The van der Waals surface area contributed by atoms with Crippen LogP contribution in [0.25, 0.3) is 0 Å². The van der Waals surface area contributed by atoms with E-state index in [9.17, 15) is 14.4 Å². The molecule has 1 aliphatic heterocycles. The molecule has 3 rings (SSSR count). The fourth-order valence-corrected chi connectivity index (χ4v) is 3.47. The van der Waals surface area contributed by atoms with Crippen molar-refractivity contribution in [2.75, 3.05) is 6.54 Å². The van der Waals surface area contributed by atoms with Gasteiger partial charge in [-0.15, -0.1) is 0 Å². The number of carbonyl (C=O) groups excluding carboxylic acids is 3. The SMILES string of the molecule is O=C(CCN1C(=O)[C@H]2CC=C(Cl)C[C@@H]2C1=O)NCc1ccccc1. The van der Waals surface area contributed by atoms with E-state index in [1.165, 1.54) is 4.90 Å². The lowest BCUT2D eigenvalue weighted by Gasteiger charge is -2.17. The molecule has 1 aromatic carbocycles. The van der Waals surface area contributed by atoms with Crippen LogP contribution in [0.1, 0.15) is 24.8 Å². The number of allylic oxidation sites excluding steroid dienone is 2. The molecule has 0 spiro atoms. The average molecular weight is 347 g/mol. The highest BCUT2D eigenvalue weighted by Gasteiger charge is 2.48. The van der Waals surface area contributed by atoms with Crippen molar-refractivity contribution >= 4 is 29.3 Å². The summed E-state index contributed by atoms with van der Waals surface area (Å²) in [6, 6.07) is 9.58. The average Bonchev–Trinajstić information content (AvgIpc) is 2.82. The summed E-state index contributed by atoms with van der Waals surface area (Å²) in [5.74, 6) is -1.23. The predicted molar refractivity (Wildman–Crippen MR) is 89.8 cm³/mol. The molecule has 1 fully saturated rings. The van der Waals surface area contributed by atoms with Gasteiger partial charge in [-0.1, -0.05) is 48.0 Å². The second-order valence-electron chi connectivity index (χ2n) is 6.14. The third-order valence-electron chi connectivity index (χ3n) is 4.56. The highest BCUT2D eigenvalue weighted by Crippen LogP contribution is 2.38. The van der Waals surface area contributed by atoms with E-state index in [1.54, 1.807) is 0 Å². The molecule has 1 saturated heterocycles. The maximum atomic E-state index is 12.4. The Morgan fingerprint density at radius 3 is 2.62 bits per heavy atom. The monoisotopic (exact) mass is 346 g/mol. The first-order chi connectivity index (χ1) is 11.6. The minimum absolute atomic E-state index is 0.116. The van der Waals surface area contributed by atoms with Crippen molar-refractivity contribution in [3.8, 4) is 0 Å². The topological polar surface area (TPSA) is 66.5 Å². The van der Waals surface area contributed by atoms with Gasteiger partial charge in [0, 0.05) is 24.5 Å². The van der Waals surface area contributed by atoms with Crippen molar-refractivity contribution in [3.63, 3.8) is 0 Å². The zero-order valence-electron chi connectivity index (χ0n) is 13.2. The van der Waals surface area contributed by atoms with E-state index in [0.29, 0.717) is 24.4 Å². The standard InChI is InChI=1S/C18H19ClN2O3/c19-13-6-7-14-15(10-13)18(24)21(17(14)23)9-8-16(22)20-11-12-4-2-1-3-5-12/h1-6,14-15H,7-11H2,(H,20,22)/t14-,15-/m0/s1. The van der Waals surface area contributed by atoms with E-state index in [0.717, 1.165) is 5.56 Å². The lowest BCUT2D eigenvalue weighted by Crippen LogP contribution is -2.35. The van der Waals surface area contributed by atoms with Gasteiger partial charge in [0.05, 0.1) is 11.8 Å². The van der Waals surface area contributed by atoms with Crippen molar-refractivity contribution in [2.24, 2.45) is 11.8 Å². The van der Waals surface area contributed by atoms with Gasteiger partial charge in [-0.3, -0.25) is 19.3 Å². The van der Waals surface area contributed by atoms with Crippen LogP contribution >= 0.6 is 11.6 Å². The molecule has 5 nitrogen and oxygen atoms in total. The molecule has 2 aliphatic rings. The number of halogens is 1. The molecule has 2 atom stereocenters. The van der Waals surface area contributed by atoms with Gasteiger partial charge in [0.1, 0.15) is 0 Å². The number of imide groups is 1. The first-order valence-corrected chi connectivity index (χ1v) is 8.44. The van der Waals surface area contributed by atoms with Crippen LogP contribution in [0.4, 0.5) is 0 Å². The summed E-state index contributed by atoms with van der Waals surface area (Å²) in [6.07, 6.45) is 2.85. The van der Waals surface area contributed by atoms with Gasteiger partial charge in [-0.25, -0.2) is 0 Å². The van der Waals surface area contributed by atoms with Gasteiger partial charge in [-0.05, 0) is 18.4 Å². The van der Waals surface area contributed by atoms with E-state index in [2.05, 4.69) is 5.32 Å². The minimum atomic E-state index is -0.359. The van der Waals surface area contributed by atoms with Crippen LogP contribution in [0.3, 0.4) is 0 Å². The number of nitrogens with zero attached hydrogens (tertiary/aromatic N) is 1. The lowest BCUT2D eigenvalue weighted by atomic mass is 9.85. The van der Waals surface area contributed by atoms with E-state index in [-0.39, 0.29) is 42.5 Å². The van der Waals surface area contributed by atoms with Crippen LogP contribution in [0, 0.1) is 11.8 Å². The van der Waals surface area contributed by atoms with Gasteiger partial charge in [0.25, 0.3) is 0 Å². The molecule has 24 heavy (non-hydrogen) atoms. The lowest BCUT2D eigenvalue weighted by molar-refractivity contribution is -0.140. The van der Waals surface area contributed by atoms with Gasteiger partial charge in [0.15, 0.2) is 0 Å². The summed E-state index contributed by atoms with van der Waals surface area (Å²) in [5.41, 5.74) is 1.01. The molecule has 3 amide bonds. The maximum absolute atomic E-state index is 12.4. The van der Waals surface area contributed by atoms with Gasteiger partial charge in [-0.2, -0.15) is 0 Å². The van der Waals surface area contributed by atoms with E-state index in [4.69, 9.17) is 11.6 Å². The number of carbonyl (C=O) groups is 3. The van der Waals surface area contributed by atoms with Gasteiger partial charge >= 0.3 is 0 Å².